The predicted molar refractivity (Wildman–Crippen MR) is 113 cm³/mol. The fraction of sp³-hybridized carbons (Fsp3) is 0.304. The van der Waals surface area contributed by atoms with Gasteiger partial charge in [-0.1, -0.05) is 44.0 Å². The Morgan fingerprint density at radius 1 is 1.11 bits per heavy atom. The van der Waals surface area contributed by atoms with E-state index in [9.17, 15) is 4.79 Å². The molecular formula is C23H28N2O3. The molecule has 2 rings (SSSR count). The molecule has 0 spiro atoms. The number of amides is 1. The van der Waals surface area contributed by atoms with E-state index < -0.39 is 0 Å². The first-order valence-corrected chi connectivity index (χ1v) is 9.59. The Hall–Kier alpha value is -3.08. The van der Waals surface area contributed by atoms with E-state index in [1.807, 2.05) is 48.5 Å². The second-order valence-corrected chi connectivity index (χ2v) is 6.31. The quantitative estimate of drug-likeness (QED) is 0.255. The van der Waals surface area contributed by atoms with E-state index in [4.69, 9.17) is 9.47 Å². The smallest absolute Gasteiger partial charge is 0.277 e. The lowest BCUT2D eigenvalue weighted by Crippen LogP contribution is -2.24. The number of hydrogen-bond acceptors (Lipinski definition) is 4. The second kappa shape index (κ2) is 12.3. The minimum Gasteiger partial charge on any atom is -0.494 e. The summed E-state index contributed by atoms with van der Waals surface area (Å²) in [5.41, 5.74) is 4.33. The standard InChI is InChI=1S/C23H28N2O3/c1-3-5-8-16-27-21-14-12-19(13-15-21)17-24-25-23(26)18-28-22-11-7-6-10-20(22)9-4-2/h4,6-7,10-15,17H,2-3,5,8-9,16,18H2,1H3,(H,25,26). The van der Waals surface area contributed by atoms with E-state index >= 15 is 0 Å². The summed E-state index contributed by atoms with van der Waals surface area (Å²) in [6, 6.07) is 15.2. The summed E-state index contributed by atoms with van der Waals surface area (Å²) in [5.74, 6) is 1.19. The van der Waals surface area contributed by atoms with Gasteiger partial charge in [0.15, 0.2) is 6.61 Å². The number of para-hydroxylation sites is 1. The maximum atomic E-state index is 11.9. The Balaban J connectivity index is 1.75. The van der Waals surface area contributed by atoms with Crippen molar-refractivity contribution in [3.63, 3.8) is 0 Å². The third kappa shape index (κ3) is 7.66. The minimum atomic E-state index is -0.319. The van der Waals surface area contributed by atoms with E-state index in [0.717, 1.165) is 29.9 Å². The second-order valence-electron chi connectivity index (χ2n) is 6.31. The third-order valence-electron chi connectivity index (χ3n) is 4.00. The normalized spacial score (nSPS) is 10.6. The van der Waals surface area contributed by atoms with E-state index in [1.54, 1.807) is 12.3 Å². The summed E-state index contributed by atoms with van der Waals surface area (Å²) in [5, 5.41) is 3.97. The topological polar surface area (TPSA) is 59.9 Å². The van der Waals surface area contributed by atoms with Crippen LogP contribution in [0.4, 0.5) is 0 Å². The molecule has 148 valence electrons. The van der Waals surface area contributed by atoms with Gasteiger partial charge in [-0.25, -0.2) is 5.43 Å². The first kappa shape index (κ1) is 21.2. The molecule has 2 aromatic rings. The summed E-state index contributed by atoms with van der Waals surface area (Å²) < 4.78 is 11.2. The molecule has 0 fully saturated rings. The van der Waals surface area contributed by atoms with E-state index in [2.05, 4.69) is 24.0 Å². The molecule has 28 heavy (non-hydrogen) atoms. The number of nitrogens with one attached hydrogen (secondary N) is 1. The molecule has 0 saturated heterocycles. The zero-order valence-corrected chi connectivity index (χ0v) is 16.4. The van der Waals surface area contributed by atoms with Crippen molar-refractivity contribution in [3.8, 4) is 11.5 Å². The zero-order chi connectivity index (χ0) is 20.0. The molecule has 0 unspecified atom stereocenters. The molecule has 0 aliphatic heterocycles. The van der Waals surface area contributed by atoms with E-state index in [0.29, 0.717) is 12.2 Å². The summed E-state index contributed by atoms with van der Waals surface area (Å²) in [6.45, 7) is 6.52. The third-order valence-corrected chi connectivity index (χ3v) is 4.00. The highest BCUT2D eigenvalue weighted by Gasteiger charge is 2.05. The maximum Gasteiger partial charge on any atom is 0.277 e. The lowest BCUT2D eigenvalue weighted by molar-refractivity contribution is -0.123. The van der Waals surface area contributed by atoms with Crippen LogP contribution in [0.5, 0.6) is 11.5 Å². The zero-order valence-electron chi connectivity index (χ0n) is 16.4. The number of carbonyl (C=O) groups excluding carboxylic acids is 1. The molecule has 0 atom stereocenters. The van der Waals surface area contributed by atoms with Crippen LogP contribution in [0.25, 0.3) is 0 Å². The van der Waals surface area contributed by atoms with Gasteiger partial charge in [-0.15, -0.1) is 6.58 Å². The molecule has 0 aliphatic carbocycles. The van der Waals surface area contributed by atoms with E-state index in [1.165, 1.54) is 12.8 Å². The number of unbranched alkanes of at least 4 members (excludes halogenated alkanes) is 2. The minimum absolute atomic E-state index is 0.101. The van der Waals surface area contributed by atoms with Gasteiger partial charge >= 0.3 is 0 Å². The largest absolute Gasteiger partial charge is 0.494 e. The molecule has 0 aromatic heterocycles. The summed E-state index contributed by atoms with van der Waals surface area (Å²) in [7, 11) is 0. The molecule has 1 N–H and O–H groups in total. The Morgan fingerprint density at radius 2 is 1.89 bits per heavy atom. The van der Waals surface area contributed by atoms with Crippen molar-refractivity contribution in [3.05, 3.63) is 72.3 Å². The Kier molecular flexibility index (Phi) is 9.35. The van der Waals surface area contributed by atoms with Crippen LogP contribution in [0, 0.1) is 0 Å². The van der Waals surface area contributed by atoms with Crippen LogP contribution >= 0.6 is 0 Å². The molecule has 0 bridgehead atoms. The van der Waals surface area contributed by atoms with Crippen LogP contribution in [0.2, 0.25) is 0 Å². The van der Waals surface area contributed by atoms with Gasteiger partial charge in [-0.2, -0.15) is 5.10 Å². The lowest BCUT2D eigenvalue weighted by Gasteiger charge is -2.09. The van der Waals surface area contributed by atoms with Crippen molar-refractivity contribution in [1.29, 1.82) is 0 Å². The van der Waals surface area contributed by atoms with Gasteiger partial charge in [0, 0.05) is 0 Å². The molecule has 0 radical (unpaired) electrons. The fourth-order valence-corrected chi connectivity index (χ4v) is 2.52. The average Bonchev–Trinajstić information content (AvgIpc) is 2.72. The number of ether oxygens (including phenoxy) is 2. The van der Waals surface area contributed by atoms with Crippen molar-refractivity contribution in [2.24, 2.45) is 5.10 Å². The molecule has 2 aromatic carbocycles. The van der Waals surface area contributed by atoms with Crippen molar-refractivity contribution >= 4 is 12.1 Å². The van der Waals surface area contributed by atoms with Crippen LogP contribution < -0.4 is 14.9 Å². The van der Waals surface area contributed by atoms with Crippen LogP contribution in [0.3, 0.4) is 0 Å². The average molecular weight is 380 g/mol. The fourth-order valence-electron chi connectivity index (χ4n) is 2.52. The first-order chi connectivity index (χ1) is 13.7. The number of carbonyl (C=O) groups is 1. The Labute approximate surface area is 167 Å². The van der Waals surface area contributed by atoms with Crippen LogP contribution in [-0.2, 0) is 11.2 Å². The SMILES string of the molecule is C=CCc1ccccc1OCC(=O)NN=Cc1ccc(OCCCCC)cc1. The number of hydrogen-bond donors (Lipinski definition) is 1. The van der Waals surface area contributed by atoms with Gasteiger partial charge in [0.2, 0.25) is 0 Å². The van der Waals surface area contributed by atoms with Crippen molar-refractivity contribution in [1.82, 2.24) is 5.43 Å². The molecule has 1 amide bonds. The predicted octanol–water partition coefficient (Wildman–Crippen LogP) is 4.51. The highest BCUT2D eigenvalue weighted by atomic mass is 16.5. The monoisotopic (exact) mass is 380 g/mol. The molecule has 0 heterocycles. The van der Waals surface area contributed by atoms with Gasteiger partial charge in [-0.3, -0.25) is 4.79 Å². The van der Waals surface area contributed by atoms with Gasteiger partial charge in [0.05, 0.1) is 12.8 Å². The number of benzene rings is 2. The molecule has 0 saturated carbocycles. The van der Waals surface area contributed by atoms with Crippen LogP contribution in [0.1, 0.15) is 37.3 Å². The molecular weight excluding hydrogens is 352 g/mol. The number of hydrazone groups is 1. The van der Waals surface area contributed by atoms with E-state index in [-0.39, 0.29) is 12.5 Å². The van der Waals surface area contributed by atoms with Crippen molar-refractivity contribution in [2.75, 3.05) is 13.2 Å². The van der Waals surface area contributed by atoms with Gasteiger partial charge < -0.3 is 9.47 Å². The Morgan fingerprint density at radius 3 is 2.64 bits per heavy atom. The summed E-state index contributed by atoms with van der Waals surface area (Å²) in [4.78, 5) is 11.9. The molecule has 5 heteroatoms. The van der Waals surface area contributed by atoms with Gasteiger partial charge in [-0.05, 0) is 54.3 Å². The highest BCUT2D eigenvalue weighted by Crippen LogP contribution is 2.18. The summed E-state index contributed by atoms with van der Waals surface area (Å²) >= 11 is 0. The number of rotatable bonds is 12. The molecule has 0 aliphatic rings. The first-order valence-electron chi connectivity index (χ1n) is 9.59. The van der Waals surface area contributed by atoms with Crippen LogP contribution in [-0.4, -0.2) is 25.3 Å². The number of nitrogens with zero attached hydrogens (tertiary/aromatic N) is 1. The van der Waals surface area contributed by atoms with Gasteiger partial charge in [0.1, 0.15) is 11.5 Å². The van der Waals surface area contributed by atoms with Gasteiger partial charge in [0.25, 0.3) is 5.91 Å². The summed E-state index contributed by atoms with van der Waals surface area (Å²) in [6.07, 6.45) is 7.49. The number of allylic oxidation sites excluding steroid dienone is 1. The van der Waals surface area contributed by atoms with Crippen LogP contribution in [0.15, 0.2) is 66.3 Å². The van der Waals surface area contributed by atoms with Crippen molar-refractivity contribution < 1.29 is 14.3 Å². The van der Waals surface area contributed by atoms with Crippen molar-refractivity contribution in [2.45, 2.75) is 32.6 Å². The maximum absolute atomic E-state index is 11.9. The lowest BCUT2D eigenvalue weighted by atomic mass is 10.1. The highest BCUT2D eigenvalue weighted by molar-refractivity contribution is 5.83. The Bertz CT molecular complexity index is 770. The molecule has 5 nitrogen and oxygen atoms in total.